The minimum Gasteiger partial charge on any atom is -0.452 e. The first-order chi connectivity index (χ1) is 21.2. The lowest BCUT2D eigenvalue weighted by Crippen LogP contribution is -1.94. The number of rotatable bonds is 2. The lowest BCUT2D eigenvalue weighted by molar-refractivity contribution is 0.665. The molecule has 0 N–H and O–H groups in total. The Hall–Kier alpha value is -5.88. The van der Waals surface area contributed by atoms with Crippen LogP contribution in [-0.2, 0) is 0 Å². The molecule has 0 fully saturated rings. The van der Waals surface area contributed by atoms with Crippen LogP contribution < -0.4 is 0 Å². The zero-order valence-electron chi connectivity index (χ0n) is 22.6. The minimum absolute atomic E-state index is 0.500. The van der Waals surface area contributed by atoms with Crippen molar-refractivity contribution in [1.29, 1.82) is 10.5 Å². The van der Waals surface area contributed by atoms with E-state index in [9.17, 15) is 10.5 Å². The van der Waals surface area contributed by atoms with E-state index in [0.29, 0.717) is 22.3 Å². The Morgan fingerprint density at radius 3 is 2.19 bits per heavy atom. The van der Waals surface area contributed by atoms with Crippen LogP contribution in [0.3, 0.4) is 0 Å². The third-order valence-corrected chi connectivity index (χ3v) is 9.59. The van der Waals surface area contributed by atoms with Crippen molar-refractivity contribution < 1.29 is 4.42 Å². The third-order valence-electron chi connectivity index (χ3n) is 8.45. The summed E-state index contributed by atoms with van der Waals surface area (Å²) < 4.78 is 11.2. The van der Waals surface area contributed by atoms with Gasteiger partial charge < -0.3 is 8.98 Å². The highest BCUT2D eigenvalue weighted by atomic mass is 32.1. The molecule has 4 nitrogen and oxygen atoms in total. The van der Waals surface area contributed by atoms with Crippen LogP contribution in [0.5, 0.6) is 0 Å². The standard InChI is InChI=1S/C38H19N3OS/c39-20-22-12-14-27-26-6-1-3-9-32(26)41(34(27)16-22)33-10-5-8-30-31-18-24(17-25(21-40)37(31)42-38(30)33)23-13-15-29-28-7-2-4-11-35(28)43-36(29)19-23/h1-19H. The minimum atomic E-state index is 0.500. The summed E-state index contributed by atoms with van der Waals surface area (Å²) in [4.78, 5) is 0. The normalized spacial score (nSPS) is 11.7. The third kappa shape index (κ3) is 3.35. The molecule has 0 saturated heterocycles. The van der Waals surface area contributed by atoms with Crippen molar-refractivity contribution in [3.8, 4) is 29.0 Å². The van der Waals surface area contributed by atoms with E-state index >= 15 is 0 Å². The fourth-order valence-corrected chi connectivity index (χ4v) is 7.66. The van der Waals surface area contributed by atoms with Gasteiger partial charge in [0.05, 0.1) is 33.9 Å². The van der Waals surface area contributed by atoms with Crippen molar-refractivity contribution in [2.75, 3.05) is 0 Å². The average Bonchev–Trinajstić information content (AvgIpc) is 3.73. The van der Waals surface area contributed by atoms with Crippen molar-refractivity contribution in [3.63, 3.8) is 0 Å². The van der Waals surface area contributed by atoms with Gasteiger partial charge in [0.25, 0.3) is 0 Å². The van der Waals surface area contributed by atoms with E-state index in [2.05, 4.69) is 83.4 Å². The van der Waals surface area contributed by atoms with Gasteiger partial charge in [-0.05, 0) is 59.7 Å². The molecule has 0 aliphatic carbocycles. The van der Waals surface area contributed by atoms with Crippen molar-refractivity contribution in [2.24, 2.45) is 0 Å². The summed E-state index contributed by atoms with van der Waals surface area (Å²) in [6.45, 7) is 0. The Morgan fingerprint density at radius 2 is 1.30 bits per heavy atom. The highest BCUT2D eigenvalue weighted by Crippen LogP contribution is 2.41. The maximum Gasteiger partial charge on any atom is 0.159 e. The van der Waals surface area contributed by atoms with Gasteiger partial charge in [0, 0.05) is 41.7 Å². The molecular weight excluding hydrogens is 547 g/mol. The van der Waals surface area contributed by atoms with Crippen LogP contribution in [0.4, 0.5) is 0 Å². The van der Waals surface area contributed by atoms with Crippen molar-refractivity contribution >= 4 is 75.3 Å². The highest BCUT2D eigenvalue weighted by molar-refractivity contribution is 7.25. The molecule has 0 unspecified atom stereocenters. The van der Waals surface area contributed by atoms with Gasteiger partial charge in [-0.15, -0.1) is 11.3 Å². The Kier molecular flexibility index (Phi) is 4.87. The molecule has 0 bridgehead atoms. The summed E-state index contributed by atoms with van der Waals surface area (Å²) in [5, 5.41) is 26.4. The number of fused-ring (bicyclic) bond motifs is 9. The molecule has 9 rings (SSSR count). The van der Waals surface area contributed by atoms with Crippen LogP contribution in [0.15, 0.2) is 120 Å². The zero-order valence-corrected chi connectivity index (χ0v) is 23.4. The first-order valence-corrected chi connectivity index (χ1v) is 14.8. The summed E-state index contributed by atoms with van der Waals surface area (Å²) in [7, 11) is 0. The predicted octanol–water partition coefficient (Wildman–Crippen LogP) is 10.5. The lowest BCUT2D eigenvalue weighted by Gasteiger charge is -2.08. The predicted molar refractivity (Wildman–Crippen MR) is 176 cm³/mol. The summed E-state index contributed by atoms with van der Waals surface area (Å²) in [5.41, 5.74) is 7.25. The van der Waals surface area contributed by atoms with Crippen molar-refractivity contribution in [1.82, 2.24) is 4.57 Å². The molecule has 0 aliphatic rings. The van der Waals surface area contributed by atoms with Crippen molar-refractivity contribution in [2.45, 2.75) is 0 Å². The van der Waals surface area contributed by atoms with Gasteiger partial charge in [-0.25, -0.2) is 0 Å². The lowest BCUT2D eigenvalue weighted by atomic mass is 9.98. The second kappa shape index (κ2) is 8.81. The topological polar surface area (TPSA) is 65.7 Å². The molecule has 0 radical (unpaired) electrons. The van der Waals surface area contributed by atoms with Gasteiger partial charge >= 0.3 is 0 Å². The molecule has 198 valence electrons. The van der Waals surface area contributed by atoms with E-state index in [0.717, 1.165) is 49.4 Å². The summed E-state index contributed by atoms with van der Waals surface area (Å²) in [6, 6.07) is 44.0. The second-order valence-corrected chi connectivity index (χ2v) is 11.9. The van der Waals surface area contributed by atoms with Gasteiger partial charge in [0.1, 0.15) is 6.07 Å². The number of aromatic nitrogens is 1. The van der Waals surface area contributed by atoms with Gasteiger partial charge in [0.2, 0.25) is 0 Å². The largest absolute Gasteiger partial charge is 0.452 e. The SMILES string of the molecule is N#Cc1ccc2c3ccccc3n(-c3cccc4c3oc3c(C#N)cc(-c5ccc6c(c5)sc5ccccc56)cc34)c2c1. The van der Waals surface area contributed by atoms with Crippen LogP contribution in [0.25, 0.3) is 80.7 Å². The fourth-order valence-electron chi connectivity index (χ4n) is 6.52. The highest BCUT2D eigenvalue weighted by Gasteiger charge is 2.20. The van der Waals surface area contributed by atoms with E-state index in [4.69, 9.17) is 4.42 Å². The number of nitrogens with zero attached hydrogens (tertiary/aromatic N) is 3. The van der Waals surface area contributed by atoms with Gasteiger partial charge in [-0.2, -0.15) is 10.5 Å². The maximum absolute atomic E-state index is 10.2. The number of hydrogen-bond donors (Lipinski definition) is 0. The number of hydrogen-bond acceptors (Lipinski definition) is 4. The number of thiophene rings is 1. The molecule has 3 aromatic heterocycles. The first kappa shape index (κ1) is 23.8. The maximum atomic E-state index is 10.2. The van der Waals surface area contributed by atoms with Crippen LogP contribution in [0.1, 0.15) is 11.1 Å². The van der Waals surface area contributed by atoms with E-state index in [-0.39, 0.29) is 0 Å². The first-order valence-electron chi connectivity index (χ1n) is 14.0. The molecule has 43 heavy (non-hydrogen) atoms. The molecule has 0 aliphatic heterocycles. The van der Waals surface area contributed by atoms with Gasteiger partial charge in [0.15, 0.2) is 11.2 Å². The number of para-hydroxylation sites is 2. The Labute approximate surface area is 249 Å². The molecule has 9 aromatic rings. The summed E-state index contributed by atoms with van der Waals surface area (Å²) in [6.07, 6.45) is 0. The van der Waals surface area contributed by atoms with E-state index in [1.807, 2.05) is 48.5 Å². The van der Waals surface area contributed by atoms with Crippen LogP contribution in [0.2, 0.25) is 0 Å². The number of furan rings is 1. The molecule has 3 heterocycles. The van der Waals surface area contributed by atoms with Crippen LogP contribution in [-0.4, -0.2) is 4.57 Å². The van der Waals surface area contributed by atoms with Crippen LogP contribution >= 0.6 is 11.3 Å². The smallest absolute Gasteiger partial charge is 0.159 e. The molecule has 0 atom stereocenters. The van der Waals surface area contributed by atoms with Crippen molar-refractivity contribution in [3.05, 3.63) is 126 Å². The Balaban J connectivity index is 1.31. The monoisotopic (exact) mass is 565 g/mol. The summed E-state index contributed by atoms with van der Waals surface area (Å²) >= 11 is 1.79. The zero-order chi connectivity index (χ0) is 28.7. The summed E-state index contributed by atoms with van der Waals surface area (Å²) in [5.74, 6) is 0. The number of benzene rings is 6. The van der Waals surface area contributed by atoms with Gasteiger partial charge in [-0.3, -0.25) is 0 Å². The molecule has 0 spiro atoms. The molecule has 5 heteroatoms. The van der Waals surface area contributed by atoms with Gasteiger partial charge in [-0.1, -0.05) is 66.7 Å². The quantitative estimate of drug-likeness (QED) is 0.209. The average molecular weight is 566 g/mol. The van der Waals surface area contributed by atoms with E-state index in [1.54, 1.807) is 11.3 Å². The van der Waals surface area contributed by atoms with E-state index < -0.39 is 0 Å². The second-order valence-electron chi connectivity index (χ2n) is 10.8. The Bertz CT molecular complexity index is 2710. The molecular formula is C38H19N3OS. The Morgan fingerprint density at radius 1 is 0.535 bits per heavy atom. The van der Waals surface area contributed by atoms with E-state index in [1.165, 1.54) is 20.2 Å². The molecule has 0 saturated carbocycles. The molecule has 6 aromatic carbocycles. The number of nitriles is 2. The van der Waals surface area contributed by atoms with Crippen LogP contribution in [0, 0.1) is 22.7 Å². The molecule has 0 amide bonds. The fraction of sp³-hybridized carbons (Fsp3) is 0.